The molecule has 1 aliphatic rings. The predicted molar refractivity (Wildman–Crippen MR) is 74.2 cm³/mol. The fourth-order valence-electron chi connectivity index (χ4n) is 2.35. The molecule has 1 atom stereocenters. The Morgan fingerprint density at radius 1 is 1.47 bits per heavy atom. The summed E-state index contributed by atoms with van der Waals surface area (Å²) in [5.74, 6) is 1.23. The van der Waals surface area contributed by atoms with Crippen molar-refractivity contribution in [1.29, 1.82) is 0 Å². The molecule has 0 amide bonds. The number of aromatic nitrogens is 1. The Kier molecular flexibility index (Phi) is 4.68. The summed E-state index contributed by atoms with van der Waals surface area (Å²) in [6.07, 6.45) is 3.90. The number of likely N-dealkylation sites (tertiary alicyclic amines) is 1. The van der Waals surface area contributed by atoms with Crippen molar-refractivity contribution in [3.63, 3.8) is 0 Å². The van der Waals surface area contributed by atoms with Crippen LogP contribution < -0.4 is 5.32 Å². The van der Waals surface area contributed by atoms with Crippen LogP contribution in [0.4, 0.5) is 11.5 Å². The van der Waals surface area contributed by atoms with Gasteiger partial charge in [0.15, 0.2) is 0 Å². The summed E-state index contributed by atoms with van der Waals surface area (Å²) < 4.78 is 0. The molecule has 1 aliphatic heterocycles. The number of nitro groups is 1. The second-order valence-corrected chi connectivity index (χ2v) is 5.15. The highest BCUT2D eigenvalue weighted by Crippen LogP contribution is 2.13. The van der Waals surface area contributed by atoms with Gasteiger partial charge in [0.25, 0.3) is 5.69 Å². The van der Waals surface area contributed by atoms with E-state index in [1.54, 1.807) is 6.07 Å². The first-order valence-electron chi connectivity index (χ1n) is 6.72. The molecule has 1 N–H and O–H groups in total. The number of pyridine rings is 1. The van der Waals surface area contributed by atoms with Crippen molar-refractivity contribution in [2.24, 2.45) is 5.92 Å². The second kappa shape index (κ2) is 6.47. The van der Waals surface area contributed by atoms with E-state index in [1.165, 1.54) is 38.2 Å². The van der Waals surface area contributed by atoms with Gasteiger partial charge in [-0.3, -0.25) is 10.1 Å². The lowest BCUT2D eigenvalue weighted by Crippen LogP contribution is -2.29. The maximum atomic E-state index is 10.5. The lowest BCUT2D eigenvalue weighted by Gasteiger charge is -2.20. The monoisotopic (exact) mass is 264 g/mol. The molecule has 1 unspecified atom stereocenters. The van der Waals surface area contributed by atoms with Gasteiger partial charge in [-0.1, -0.05) is 6.92 Å². The van der Waals surface area contributed by atoms with Crippen molar-refractivity contribution in [3.8, 4) is 0 Å². The van der Waals surface area contributed by atoms with Gasteiger partial charge in [0, 0.05) is 19.2 Å². The molecule has 0 radical (unpaired) electrons. The zero-order valence-electron chi connectivity index (χ0n) is 11.2. The van der Waals surface area contributed by atoms with Crippen LogP contribution in [0.1, 0.15) is 19.8 Å². The van der Waals surface area contributed by atoms with E-state index >= 15 is 0 Å². The van der Waals surface area contributed by atoms with Crippen LogP contribution in [0, 0.1) is 16.0 Å². The van der Waals surface area contributed by atoms with Crippen molar-refractivity contribution in [1.82, 2.24) is 9.88 Å². The molecule has 0 bridgehead atoms. The summed E-state index contributed by atoms with van der Waals surface area (Å²) in [5, 5.41) is 13.7. The van der Waals surface area contributed by atoms with Gasteiger partial charge >= 0.3 is 0 Å². The summed E-state index contributed by atoms with van der Waals surface area (Å²) in [6.45, 7) is 6.55. The molecular weight excluding hydrogens is 244 g/mol. The van der Waals surface area contributed by atoms with Crippen molar-refractivity contribution in [3.05, 3.63) is 28.4 Å². The summed E-state index contributed by atoms with van der Waals surface area (Å²) in [7, 11) is 0. The maximum Gasteiger partial charge on any atom is 0.287 e. The molecule has 1 fully saturated rings. The van der Waals surface area contributed by atoms with Crippen LogP contribution in [-0.4, -0.2) is 41.0 Å². The van der Waals surface area contributed by atoms with E-state index in [4.69, 9.17) is 0 Å². The average molecular weight is 264 g/mol. The Hall–Kier alpha value is -1.69. The van der Waals surface area contributed by atoms with Gasteiger partial charge in [0.05, 0.1) is 4.92 Å². The van der Waals surface area contributed by atoms with Gasteiger partial charge in [0.1, 0.15) is 12.0 Å². The Balaban J connectivity index is 1.76. The number of rotatable bonds is 6. The Bertz CT molecular complexity index is 415. The van der Waals surface area contributed by atoms with Crippen LogP contribution in [0.2, 0.25) is 0 Å². The molecule has 0 saturated carbocycles. The molecule has 104 valence electrons. The average Bonchev–Trinajstić information content (AvgIpc) is 2.89. The number of nitrogens with zero attached hydrogens (tertiary/aromatic N) is 3. The molecule has 0 aliphatic carbocycles. The van der Waals surface area contributed by atoms with E-state index in [2.05, 4.69) is 22.1 Å². The normalized spacial score (nSPS) is 17.3. The first-order valence-corrected chi connectivity index (χ1v) is 6.72. The summed E-state index contributed by atoms with van der Waals surface area (Å²) in [5.41, 5.74) is 0.0238. The van der Waals surface area contributed by atoms with Crippen molar-refractivity contribution >= 4 is 11.5 Å². The number of nitrogens with one attached hydrogen (secondary N) is 1. The Morgan fingerprint density at radius 3 is 2.79 bits per heavy atom. The first kappa shape index (κ1) is 13.7. The van der Waals surface area contributed by atoms with Crippen molar-refractivity contribution in [2.75, 3.05) is 31.5 Å². The van der Waals surface area contributed by atoms with Crippen molar-refractivity contribution in [2.45, 2.75) is 19.8 Å². The number of hydrogen-bond acceptors (Lipinski definition) is 5. The van der Waals surface area contributed by atoms with Crippen LogP contribution in [0.25, 0.3) is 0 Å². The quantitative estimate of drug-likeness (QED) is 0.629. The van der Waals surface area contributed by atoms with Crippen LogP contribution in [-0.2, 0) is 0 Å². The van der Waals surface area contributed by atoms with Gasteiger partial charge < -0.3 is 10.2 Å². The summed E-state index contributed by atoms with van der Waals surface area (Å²) in [6, 6.07) is 3.13. The molecule has 6 heteroatoms. The van der Waals surface area contributed by atoms with Crippen LogP contribution in [0.15, 0.2) is 18.3 Å². The molecule has 1 aromatic rings. The fourth-order valence-corrected chi connectivity index (χ4v) is 2.35. The lowest BCUT2D eigenvalue weighted by molar-refractivity contribution is -0.385. The summed E-state index contributed by atoms with van der Waals surface area (Å²) in [4.78, 5) is 16.6. The van der Waals surface area contributed by atoms with Crippen molar-refractivity contribution < 1.29 is 4.92 Å². The molecule has 0 spiro atoms. The summed E-state index contributed by atoms with van der Waals surface area (Å²) >= 11 is 0. The van der Waals surface area contributed by atoms with Gasteiger partial charge in [-0.2, -0.15) is 0 Å². The lowest BCUT2D eigenvalue weighted by atomic mass is 10.1. The van der Waals surface area contributed by atoms with Gasteiger partial charge in [-0.25, -0.2) is 4.98 Å². The van der Waals surface area contributed by atoms with E-state index in [1.807, 2.05) is 0 Å². The molecule has 1 aromatic heterocycles. The molecule has 19 heavy (non-hydrogen) atoms. The maximum absolute atomic E-state index is 10.5. The van der Waals surface area contributed by atoms with E-state index in [9.17, 15) is 10.1 Å². The van der Waals surface area contributed by atoms with Gasteiger partial charge in [-0.05, 0) is 37.9 Å². The smallest absolute Gasteiger partial charge is 0.287 e. The Labute approximate surface area is 113 Å². The minimum atomic E-state index is -0.438. The topological polar surface area (TPSA) is 71.3 Å². The van der Waals surface area contributed by atoms with Gasteiger partial charge in [-0.15, -0.1) is 0 Å². The number of hydrogen-bond donors (Lipinski definition) is 1. The van der Waals surface area contributed by atoms with E-state index in [0.717, 1.165) is 13.1 Å². The first-order chi connectivity index (χ1) is 9.15. The highest BCUT2D eigenvalue weighted by Gasteiger charge is 2.14. The minimum absolute atomic E-state index is 0.0238. The third-order valence-electron chi connectivity index (χ3n) is 3.36. The molecular formula is C13H20N4O2. The van der Waals surface area contributed by atoms with E-state index in [0.29, 0.717) is 11.7 Å². The zero-order valence-corrected chi connectivity index (χ0v) is 11.2. The standard InChI is InChI=1S/C13H20N4O2/c1-11(10-16-6-2-3-7-16)8-14-13-5-4-12(9-15-13)17(18)19/h4-5,9,11H,2-3,6-8,10H2,1H3,(H,14,15). The SMILES string of the molecule is CC(CNc1ccc([N+](=O)[O-])cn1)CN1CCCC1. The molecule has 1 saturated heterocycles. The molecule has 0 aromatic carbocycles. The largest absolute Gasteiger partial charge is 0.370 e. The predicted octanol–water partition coefficient (Wildman–Crippen LogP) is 2.13. The van der Waals surface area contributed by atoms with E-state index in [-0.39, 0.29) is 5.69 Å². The zero-order chi connectivity index (χ0) is 13.7. The van der Waals surface area contributed by atoms with Crippen LogP contribution >= 0.6 is 0 Å². The van der Waals surface area contributed by atoms with E-state index < -0.39 is 4.92 Å². The highest BCUT2D eigenvalue weighted by atomic mass is 16.6. The molecule has 2 heterocycles. The molecule has 2 rings (SSSR count). The fraction of sp³-hybridized carbons (Fsp3) is 0.615. The third-order valence-corrected chi connectivity index (χ3v) is 3.36. The van der Waals surface area contributed by atoms with Crippen LogP contribution in [0.3, 0.4) is 0 Å². The number of anilines is 1. The second-order valence-electron chi connectivity index (χ2n) is 5.15. The van der Waals surface area contributed by atoms with Gasteiger partial charge in [0.2, 0.25) is 0 Å². The highest BCUT2D eigenvalue weighted by molar-refractivity contribution is 5.40. The third kappa shape index (κ3) is 4.17. The minimum Gasteiger partial charge on any atom is -0.370 e. The molecule has 6 nitrogen and oxygen atoms in total. The van der Waals surface area contributed by atoms with Crippen LogP contribution in [0.5, 0.6) is 0 Å². The Morgan fingerprint density at radius 2 is 2.21 bits per heavy atom.